The fourth-order valence-corrected chi connectivity index (χ4v) is 7.92. The Kier molecular flexibility index (Phi) is 26.4. The van der Waals surface area contributed by atoms with E-state index in [2.05, 4.69) is 91.0 Å². The molecule has 0 aliphatic heterocycles. The number of hydrogen-bond acceptors (Lipinski definition) is 4. The summed E-state index contributed by atoms with van der Waals surface area (Å²) >= 11 is 0. The molecule has 4 nitrogen and oxygen atoms in total. The quantitative estimate of drug-likeness (QED) is 0.0466. The second-order valence-corrected chi connectivity index (χ2v) is 16.5. The van der Waals surface area contributed by atoms with Crippen LogP contribution < -0.4 is 0 Å². The van der Waals surface area contributed by atoms with Crippen molar-refractivity contribution in [3.8, 4) is 5.75 Å². The molecule has 0 aliphatic carbocycles. The lowest BCUT2D eigenvalue weighted by molar-refractivity contribution is 0.0945. The molecular weight excluding hydrogens is 713 g/mol. The molecule has 0 amide bonds. The van der Waals surface area contributed by atoms with Gasteiger partial charge in [-0.05, 0) is 91.7 Å². The van der Waals surface area contributed by atoms with E-state index in [-0.39, 0.29) is 0 Å². The van der Waals surface area contributed by atoms with Gasteiger partial charge in [0.25, 0.3) is 0 Å². The predicted octanol–water partition coefficient (Wildman–Crippen LogP) is 14.9. The van der Waals surface area contributed by atoms with Crippen LogP contribution in [0.3, 0.4) is 0 Å². The van der Waals surface area contributed by atoms with Crippen molar-refractivity contribution in [2.24, 2.45) is 0 Å². The van der Waals surface area contributed by atoms with Crippen LogP contribution in [0.4, 0.5) is 0 Å². The molecule has 4 aromatic carbocycles. The minimum atomic E-state index is 0.300. The summed E-state index contributed by atoms with van der Waals surface area (Å²) in [6.07, 6.45) is 29.8. The molecule has 0 aliphatic rings. The van der Waals surface area contributed by atoms with Gasteiger partial charge in [0, 0.05) is 25.4 Å². The van der Waals surface area contributed by atoms with Crippen molar-refractivity contribution in [2.45, 2.75) is 174 Å². The van der Waals surface area contributed by atoms with Crippen LogP contribution in [0.5, 0.6) is 5.75 Å². The average Bonchev–Trinajstić information content (AvgIpc) is 3.26. The van der Waals surface area contributed by atoms with Crippen molar-refractivity contribution < 1.29 is 19.3 Å². The Morgan fingerprint density at radius 3 is 0.983 bits per heavy atom. The first-order valence-corrected chi connectivity index (χ1v) is 23.5. The van der Waals surface area contributed by atoms with Crippen molar-refractivity contribution in [2.75, 3.05) is 19.8 Å². The van der Waals surface area contributed by atoms with Gasteiger partial charge in [0.05, 0.1) is 19.8 Å². The van der Waals surface area contributed by atoms with Crippen LogP contribution in [0.1, 0.15) is 168 Å². The van der Waals surface area contributed by atoms with Crippen molar-refractivity contribution in [1.29, 1.82) is 0 Å². The van der Waals surface area contributed by atoms with E-state index in [9.17, 15) is 5.11 Å². The predicted molar refractivity (Wildman–Crippen MR) is 244 cm³/mol. The lowest BCUT2D eigenvalue weighted by Crippen LogP contribution is -2.08. The van der Waals surface area contributed by atoms with E-state index >= 15 is 0 Å². The van der Waals surface area contributed by atoms with Crippen LogP contribution >= 0.6 is 0 Å². The Hall–Kier alpha value is -3.44. The summed E-state index contributed by atoms with van der Waals surface area (Å²) in [6, 6.07) is 36.4. The number of benzene rings is 4. The maximum absolute atomic E-state index is 11.0. The Labute approximate surface area is 354 Å². The summed E-state index contributed by atoms with van der Waals surface area (Å²) in [6.45, 7) is 3.66. The topological polar surface area (TPSA) is 47.9 Å². The molecule has 0 heterocycles. The number of aryl methyl sites for hydroxylation is 3. The number of rotatable bonds is 36. The van der Waals surface area contributed by atoms with Gasteiger partial charge in [0.1, 0.15) is 5.75 Å². The number of phenols is 1. The number of hydrogen-bond donors (Lipinski definition) is 1. The van der Waals surface area contributed by atoms with Gasteiger partial charge in [-0.3, -0.25) is 0 Å². The monoisotopic (exact) mass is 791 g/mol. The number of unbranched alkanes of at least 4 members (excludes halogenated alkanes) is 18. The highest BCUT2D eigenvalue weighted by Crippen LogP contribution is 2.28. The molecule has 0 saturated carbocycles. The van der Waals surface area contributed by atoms with Gasteiger partial charge in [-0.2, -0.15) is 0 Å². The number of aromatic hydroxyl groups is 1. The number of ether oxygens (including phenoxy) is 3. The normalized spacial score (nSPS) is 11.4. The van der Waals surface area contributed by atoms with Gasteiger partial charge in [-0.1, -0.05) is 193 Å². The smallest absolute Gasteiger partial charge is 0.121 e. The van der Waals surface area contributed by atoms with Gasteiger partial charge >= 0.3 is 0 Å². The Bertz CT molecular complexity index is 1520. The fourth-order valence-electron chi connectivity index (χ4n) is 7.92. The summed E-state index contributed by atoms with van der Waals surface area (Å²) < 4.78 is 18.7. The first kappa shape index (κ1) is 47.2. The lowest BCUT2D eigenvalue weighted by atomic mass is 10.0. The van der Waals surface area contributed by atoms with Crippen LogP contribution in [0, 0.1) is 0 Å². The van der Waals surface area contributed by atoms with Crippen LogP contribution in [0.25, 0.3) is 0 Å². The molecule has 0 atom stereocenters. The SMILES string of the molecule is Oc1ccc(COCCCCCCCCCc2ccccc2)c(COCCCCCCCCCc2ccccc2)c1COCCCCCCCCCc1ccccc1. The van der Waals surface area contributed by atoms with E-state index in [1.807, 2.05) is 12.1 Å². The van der Waals surface area contributed by atoms with E-state index in [1.165, 1.54) is 152 Å². The third-order valence-corrected chi connectivity index (χ3v) is 11.5. The van der Waals surface area contributed by atoms with E-state index in [4.69, 9.17) is 14.2 Å². The number of phenolic OH excluding ortho intramolecular Hbond substituents is 1. The zero-order valence-electron chi connectivity index (χ0n) is 36.2. The highest BCUT2D eigenvalue weighted by atomic mass is 16.5. The Morgan fingerprint density at radius 1 is 0.293 bits per heavy atom. The molecule has 0 unspecified atom stereocenters. The van der Waals surface area contributed by atoms with Crippen molar-refractivity contribution >= 4 is 0 Å². The Morgan fingerprint density at radius 2 is 0.603 bits per heavy atom. The minimum absolute atomic E-state index is 0.300. The zero-order chi connectivity index (χ0) is 40.4. The van der Waals surface area contributed by atoms with Gasteiger partial charge in [0.2, 0.25) is 0 Å². The van der Waals surface area contributed by atoms with Crippen LogP contribution in [0.2, 0.25) is 0 Å². The zero-order valence-corrected chi connectivity index (χ0v) is 36.2. The highest BCUT2D eigenvalue weighted by molar-refractivity contribution is 5.43. The Balaban J connectivity index is 1.10. The lowest BCUT2D eigenvalue weighted by Gasteiger charge is -2.17. The van der Waals surface area contributed by atoms with Gasteiger partial charge < -0.3 is 19.3 Å². The first-order valence-electron chi connectivity index (χ1n) is 23.5. The molecule has 4 aromatic rings. The summed E-state index contributed by atoms with van der Waals surface area (Å²) in [5.74, 6) is 0.300. The minimum Gasteiger partial charge on any atom is -0.508 e. The molecule has 4 rings (SSSR count). The van der Waals surface area contributed by atoms with Gasteiger partial charge in [-0.25, -0.2) is 0 Å². The van der Waals surface area contributed by atoms with Crippen molar-refractivity contribution in [3.63, 3.8) is 0 Å². The molecule has 0 spiro atoms. The molecule has 0 saturated heterocycles. The molecule has 4 heteroatoms. The average molecular weight is 791 g/mol. The van der Waals surface area contributed by atoms with Gasteiger partial charge in [0.15, 0.2) is 0 Å². The molecule has 318 valence electrons. The molecule has 0 fully saturated rings. The maximum Gasteiger partial charge on any atom is 0.121 e. The second kappa shape index (κ2) is 32.4. The van der Waals surface area contributed by atoms with Crippen molar-refractivity contribution in [1.82, 2.24) is 0 Å². The third kappa shape index (κ3) is 22.1. The standard InChI is InChI=1S/C54H78O4/c55-54-41-40-51(45-56-42-28-13-7-1-4-10-19-31-48-34-22-16-23-35-48)52(46-57-43-29-14-8-2-5-11-20-32-49-36-24-17-25-37-49)53(54)47-58-44-30-15-9-3-6-12-21-33-50-38-26-18-27-39-50/h16-18,22-27,34-41,55H,1-15,19-21,28-33,42-47H2. The van der Waals surface area contributed by atoms with E-state index in [0.717, 1.165) is 49.2 Å². The van der Waals surface area contributed by atoms with E-state index < -0.39 is 0 Å². The summed E-state index contributed by atoms with van der Waals surface area (Å²) in [5.41, 5.74) is 7.38. The van der Waals surface area contributed by atoms with Crippen LogP contribution in [0.15, 0.2) is 103 Å². The first-order chi connectivity index (χ1) is 28.8. The molecular formula is C54H78O4. The largest absolute Gasteiger partial charge is 0.508 e. The molecule has 0 aromatic heterocycles. The molecule has 0 radical (unpaired) electrons. The third-order valence-electron chi connectivity index (χ3n) is 11.5. The molecule has 1 N–H and O–H groups in total. The second-order valence-electron chi connectivity index (χ2n) is 16.5. The van der Waals surface area contributed by atoms with E-state index in [1.54, 1.807) is 0 Å². The highest BCUT2D eigenvalue weighted by Gasteiger charge is 2.14. The summed E-state index contributed by atoms with van der Waals surface area (Å²) in [4.78, 5) is 0. The van der Waals surface area contributed by atoms with Crippen molar-refractivity contribution in [3.05, 3.63) is 137 Å². The summed E-state index contributed by atoms with van der Waals surface area (Å²) in [7, 11) is 0. The van der Waals surface area contributed by atoms with Crippen LogP contribution in [-0.4, -0.2) is 24.9 Å². The van der Waals surface area contributed by atoms with Crippen LogP contribution in [-0.2, 0) is 53.3 Å². The maximum atomic E-state index is 11.0. The van der Waals surface area contributed by atoms with Gasteiger partial charge in [-0.15, -0.1) is 0 Å². The summed E-state index contributed by atoms with van der Waals surface area (Å²) in [5, 5.41) is 11.0. The molecule has 0 bridgehead atoms. The molecule has 58 heavy (non-hydrogen) atoms. The van der Waals surface area contributed by atoms with E-state index in [0.29, 0.717) is 32.2 Å². The fraction of sp³-hybridized carbons (Fsp3) is 0.556.